The summed E-state index contributed by atoms with van der Waals surface area (Å²) in [5.74, 6) is -0.313. The van der Waals surface area contributed by atoms with Crippen molar-refractivity contribution in [3.8, 4) is 0 Å². The minimum absolute atomic E-state index is 0.197. The quantitative estimate of drug-likeness (QED) is 0.0199. The summed E-state index contributed by atoms with van der Waals surface area (Å²) in [6, 6.07) is -1.02. The van der Waals surface area contributed by atoms with E-state index in [0.717, 1.165) is 96.3 Å². The van der Waals surface area contributed by atoms with E-state index in [4.69, 9.17) is 28.4 Å². The molecular weight excluding hydrogens is 1260 g/mol. The van der Waals surface area contributed by atoms with Gasteiger partial charge in [-0.3, -0.25) is 4.79 Å². The van der Waals surface area contributed by atoms with Gasteiger partial charge >= 0.3 is 0 Å². The Labute approximate surface area is 595 Å². The first-order valence-electron chi connectivity index (χ1n) is 38.3. The third-order valence-electron chi connectivity index (χ3n) is 18.2. The van der Waals surface area contributed by atoms with Crippen molar-refractivity contribution in [2.45, 2.75) is 349 Å². The standard InChI is InChI=1S/C80H135NO18/c1-3-5-7-9-11-13-15-17-19-21-23-25-27-29-30-31-32-34-36-38-40-42-44-46-48-50-52-54-56-58-68(86)81-63(64(85)57-55-53-51-49-47-45-43-41-39-37-35-33-28-26-24-22-20-18-16-14-12-10-8-6-4-2)62-94-78-74(92)71(89)76(66(60-83)96-78)99-80-75(93)72(90)77(67(61-84)97-80)98-79-73(91)70(88)69(87)65(59-82)95-79/h5,7,11,13,17,19,23,25,29-30,32,34,38,40,44,46-47,49,55,57,63-67,69-80,82-85,87-93H,3-4,6,8-10,12,14-16,18,20-22,24,26-28,31,33,35-37,39,41-43,45,48,50-54,56,58-62H2,1-2H3,(H,81,86)/b7-5-,13-11-,19-17-,25-23-,30-29-,34-32-,40-38-,46-44-,49-47+,57-55+. The van der Waals surface area contributed by atoms with E-state index in [-0.39, 0.29) is 18.9 Å². The summed E-state index contributed by atoms with van der Waals surface area (Å²) in [6.07, 6.45) is 56.0. The van der Waals surface area contributed by atoms with Crippen LogP contribution in [-0.2, 0) is 33.2 Å². The van der Waals surface area contributed by atoms with Crippen LogP contribution in [0.4, 0.5) is 0 Å². The van der Waals surface area contributed by atoms with Crippen molar-refractivity contribution in [2.75, 3.05) is 26.4 Å². The van der Waals surface area contributed by atoms with Gasteiger partial charge in [-0.15, -0.1) is 0 Å². The molecule has 17 unspecified atom stereocenters. The Bertz CT molecular complexity index is 2260. The van der Waals surface area contributed by atoms with Gasteiger partial charge in [-0.05, 0) is 96.3 Å². The van der Waals surface area contributed by atoms with Crippen LogP contribution in [0.15, 0.2) is 122 Å². The predicted octanol–water partition coefficient (Wildman–Crippen LogP) is 11.9. The van der Waals surface area contributed by atoms with Gasteiger partial charge in [-0.25, -0.2) is 0 Å². The molecule has 0 spiro atoms. The number of nitrogens with one attached hydrogen (secondary N) is 1. The first-order valence-corrected chi connectivity index (χ1v) is 38.3. The Morgan fingerprint density at radius 1 is 0.374 bits per heavy atom. The first kappa shape index (κ1) is 89.4. The second kappa shape index (κ2) is 59.6. The molecule has 0 radical (unpaired) electrons. The van der Waals surface area contributed by atoms with Gasteiger partial charge in [0.15, 0.2) is 18.9 Å². The van der Waals surface area contributed by atoms with E-state index >= 15 is 0 Å². The molecule has 19 heteroatoms. The Kier molecular flexibility index (Phi) is 53.8. The molecule has 17 atom stereocenters. The minimum atomic E-state index is -1.99. The zero-order valence-corrected chi connectivity index (χ0v) is 60.4. The molecular formula is C80H135NO18. The first-order chi connectivity index (χ1) is 48.3. The fourth-order valence-corrected chi connectivity index (χ4v) is 12.1. The van der Waals surface area contributed by atoms with Gasteiger partial charge in [0.1, 0.15) is 73.2 Å². The molecule has 19 nitrogen and oxygen atoms in total. The maximum Gasteiger partial charge on any atom is 0.220 e. The molecule has 1 amide bonds. The molecule has 3 aliphatic rings. The number of aliphatic hydroxyl groups excluding tert-OH is 11. The molecule has 0 aromatic heterocycles. The summed E-state index contributed by atoms with van der Waals surface area (Å²) in [4.78, 5) is 13.4. The number of rotatable bonds is 58. The van der Waals surface area contributed by atoms with E-state index < -0.39 is 124 Å². The molecule has 3 rings (SSSR count). The number of ether oxygens (including phenoxy) is 6. The van der Waals surface area contributed by atoms with Gasteiger partial charge in [0, 0.05) is 6.42 Å². The molecule has 0 aromatic rings. The van der Waals surface area contributed by atoms with Gasteiger partial charge in [-0.1, -0.05) is 264 Å². The lowest BCUT2D eigenvalue weighted by atomic mass is 9.96. The highest BCUT2D eigenvalue weighted by molar-refractivity contribution is 5.76. The zero-order chi connectivity index (χ0) is 71.8. The van der Waals surface area contributed by atoms with Gasteiger partial charge in [0.25, 0.3) is 0 Å². The van der Waals surface area contributed by atoms with Crippen molar-refractivity contribution in [1.82, 2.24) is 5.32 Å². The van der Waals surface area contributed by atoms with Crippen molar-refractivity contribution in [1.29, 1.82) is 0 Å². The van der Waals surface area contributed by atoms with Crippen molar-refractivity contribution in [2.24, 2.45) is 0 Å². The van der Waals surface area contributed by atoms with Gasteiger partial charge in [0.2, 0.25) is 5.91 Å². The summed E-state index contributed by atoms with van der Waals surface area (Å²) in [5.41, 5.74) is 0. The van der Waals surface area contributed by atoms with Crippen molar-refractivity contribution in [3.05, 3.63) is 122 Å². The number of aliphatic hydroxyl groups is 11. The third-order valence-corrected chi connectivity index (χ3v) is 18.2. The van der Waals surface area contributed by atoms with Gasteiger partial charge in [-0.2, -0.15) is 0 Å². The molecule has 0 saturated carbocycles. The monoisotopic (exact) mass is 1400 g/mol. The van der Waals surface area contributed by atoms with Crippen molar-refractivity contribution in [3.63, 3.8) is 0 Å². The summed E-state index contributed by atoms with van der Waals surface area (Å²) in [7, 11) is 0. The highest BCUT2D eigenvalue weighted by Crippen LogP contribution is 2.33. The fraction of sp³-hybridized carbons (Fsp3) is 0.738. The molecule has 3 heterocycles. The number of hydrogen-bond acceptors (Lipinski definition) is 18. The van der Waals surface area contributed by atoms with Crippen LogP contribution in [0.1, 0.15) is 245 Å². The normalized spacial score (nSPS) is 27.3. The summed E-state index contributed by atoms with van der Waals surface area (Å²) < 4.78 is 34.4. The maximum absolute atomic E-state index is 13.4. The van der Waals surface area contributed by atoms with Crippen LogP contribution in [-0.4, -0.2) is 193 Å². The van der Waals surface area contributed by atoms with Crippen LogP contribution < -0.4 is 5.32 Å². The number of amides is 1. The Balaban J connectivity index is 1.43. The summed E-state index contributed by atoms with van der Waals surface area (Å²) in [6.45, 7) is 1.59. The van der Waals surface area contributed by atoms with E-state index in [1.165, 1.54) is 116 Å². The van der Waals surface area contributed by atoms with E-state index in [1.807, 2.05) is 6.08 Å². The predicted molar refractivity (Wildman–Crippen MR) is 392 cm³/mol. The van der Waals surface area contributed by atoms with Gasteiger partial charge in [0.05, 0.1) is 38.6 Å². The van der Waals surface area contributed by atoms with E-state index in [0.29, 0.717) is 12.8 Å². The molecule has 3 saturated heterocycles. The lowest BCUT2D eigenvalue weighted by molar-refractivity contribution is -0.379. The summed E-state index contributed by atoms with van der Waals surface area (Å²) >= 11 is 0. The Hall–Kier alpha value is -3.81. The molecule has 12 N–H and O–H groups in total. The number of carbonyl (C=O) groups is 1. The van der Waals surface area contributed by atoms with Crippen molar-refractivity contribution >= 4 is 5.91 Å². The molecule has 0 aromatic carbocycles. The SMILES string of the molecule is CC/C=C\C/C=C\C/C=C\C/C=C\C/C=C\C/C=C\C/C=C\C/C=C\CCCCCCC(=O)NC(COC1OC(CO)C(OC2OC(CO)C(OC3OC(CO)C(O)C(O)C3O)C(O)C2O)C(O)C1O)C(O)/C=C/CC/C=C/CCCCCCCCCCCCCCCCCCCCC. The highest BCUT2D eigenvalue weighted by atomic mass is 16.8. The lowest BCUT2D eigenvalue weighted by Crippen LogP contribution is -2.66. The second-order valence-corrected chi connectivity index (χ2v) is 26.7. The Morgan fingerprint density at radius 3 is 1.13 bits per heavy atom. The van der Waals surface area contributed by atoms with E-state index in [9.17, 15) is 61.0 Å². The highest BCUT2D eigenvalue weighted by Gasteiger charge is 2.53. The smallest absolute Gasteiger partial charge is 0.220 e. The topological polar surface area (TPSA) is 307 Å². The lowest BCUT2D eigenvalue weighted by Gasteiger charge is -2.48. The van der Waals surface area contributed by atoms with E-state index in [1.54, 1.807) is 6.08 Å². The minimum Gasteiger partial charge on any atom is -0.394 e. The van der Waals surface area contributed by atoms with Crippen LogP contribution in [0.2, 0.25) is 0 Å². The fourth-order valence-electron chi connectivity index (χ4n) is 12.1. The van der Waals surface area contributed by atoms with Crippen LogP contribution in [0.25, 0.3) is 0 Å². The molecule has 568 valence electrons. The van der Waals surface area contributed by atoms with Crippen LogP contribution in [0, 0.1) is 0 Å². The maximum atomic E-state index is 13.4. The number of hydrogen-bond donors (Lipinski definition) is 12. The average Bonchev–Trinajstić information content (AvgIpc) is 0.785. The number of carbonyl (C=O) groups excluding carboxylic acids is 1. The second-order valence-electron chi connectivity index (χ2n) is 26.7. The molecule has 0 aliphatic carbocycles. The van der Waals surface area contributed by atoms with Crippen LogP contribution in [0.5, 0.6) is 0 Å². The molecule has 0 bridgehead atoms. The molecule has 3 fully saturated rings. The molecule has 99 heavy (non-hydrogen) atoms. The Morgan fingerprint density at radius 2 is 0.707 bits per heavy atom. The van der Waals surface area contributed by atoms with Crippen molar-refractivity contribution < 1.29 is 89.4 Å². The number of unbranched alkanes of at least 4 members (excludes halogenated alkanes) is 24. The average molecular weight is 1400 g/mol. The van der Waals surface area contributed by atoms with Gasteiger partial charge < -0.3 is 89.9 Å². The largest absolute Gasteiger partial charge is 0.394 e. The van der Waals surface area contributed by atoms with E-state index in [2.05, 4.69) is 129 Å². The number of allylic oxidation sites excluding steroid dienone is 19. The van der Waals surface area contributed by atoms with Crippen LogP contribution >= 0.6 is 0 Å². The van der Waals surface area contributed by atoms with Crippen LogP contribution in [0.3, 0.4) is 0 Å². The molecule has 3 aliphatic heterocycles. The third kappa shape index (κ3) is 40.2. The zero-order valence-electron chi connectivity index (χ0n) is 60.4. The summed E-state index contributed by atoms with van der Waals surface area (Å²) in [5, 5.41) is 121.